The van der Waals surface area contributed by atoms with Gasteiger partial charge in [0, 0.05) is 57.1 Å². The summed E-state index contributed by atoms with van der Waals surface area (Å²) in [6, 6.07) is 6.39. The highest BCUT2D eigenvalue weighted by atomic mass is 16.5. The predicted molar refractivity (Wildman–Crippen MR) is 96.1 cm³/mol. The zero-order valence-corrected chi connectivity index (χ0v) is 14.5. The van der Waals surface area contributed by atoms with Crippen molar-refractivity contribution in [3.05, 3.63) is 48.5 Å². The third kappa shape index (κ3) is 4.14. The van der Waals surface area contributed by atoms with Crippen LogP contribution in [0.1, 0.15) is 31.2 Å². The van der Waals surface area contributed by atoms with Gasteiger partial charge in [0.05, 0.1) is 5.60 Å². The van der Waals surface area contributed by atoms with Crippen LogP contribution in [0.15, 0.2) is 43.0 Å². The van der Waals surface area contributed by atoms with E-state index in [1.165, 1.54) is 5.56 Å². The summed E-state index contributed by atoms with van der Waals surface area (Å²) in [5.41, 5.74) is 1.29. The quantitative estimate of drug-likeness (QED) is 0.923. The van der Waals surface area contributed by atoms with Gasteiger partial charge in [-0.2, -0.15) is 0 Å². The maximum Gasteiger partial charge on any atom is 0.222 e. The Kier molecular flexibility index (Phi) is 4.90. The lowest BCUT2D eigenvalue weighted by molar-refractivity contribution is -0.115. The highest BCUT2D eigenvalue weighted by Gasteiger charge is 2.40. The molecule has 2 saturated heterocycles. The predicted octanol–water partition coefficient (Wildman–Crippen LogP) is 2.50. The van der Waals surface area contributed by atoms with Gasteiger partial charge in [0.25, 0.3) is 0 Å². The second-order valence-corrected chi connectivity index (χ2v) is 7.08. The molecule has 0 aromatic carbocycles. The minimum atomic E-state index is 0.0101. The summed E-state index contributed by atoms with van der Waals surface area (Å²) in [6.45, 7) is 3.93. The summed E-state index contributed by atoms with van der Waals surface area (Å²) in [5.74, 6) is 0.721. The average molecular weight is 339 g/mol. The first kappa shape index (κ1) is 16.4. The van der Waals surface area contributed by atoms with Gasteiger partial charge in [0.2, 0.25) is 5.95 Å². The molecule has 2 aromatic heterocycles. The van der Waals surface area contributed by atoms with Gasteiger partial charge in [-0.05, 0) is 43.4 Å². The molecule has 132 valence electrons. The molecule has 0 saturated carbocycles. The highest BCUT2D eigenvalue weighted by molar-refractivity contribution is 5.25. The molecule has 0 unspecified atom stereocenters. The van der Waals surface area contributed by atoms with E-state index in [-0.39, 0.29) is 5.60 Å². The van der Waals surface area contributed by atoms with Crippen LogP contribution in [0.25, 0.3) is 0 Å². The number of hydrogen-bond donors (Lipinski definition) is 1. The lowest BCUT2D eigenvalue weighted by Gasteiger charge is -2.46. The van der Waals surface area contributed by atoms with Gasteiger partial charge in [-0.25, -0.2) is 9.97 Å². The molecule has 0 bridgehead atoms. The average Bonchev–Trinajstić information content (AvgIpc) is 2.66. The van der Waals surface area contributed by atoms with Crippen molar-refractivity contribution in [2.45, 2.75) is 43.9 Å². The topological polar surface area (TPSA) is 63.2 Å². The lowest BCUT2D eigenvalue weighted by atomic mass is 9.82. The Morgan fingerprint density at radius 1 is 1.16 bits per heavy atom. The minimum Gasteiger partial charge on any atom is -0.375 e. The van der Waals surface area contributed by atoms with Crippen LogP contribution in [0, 0.1) is 0 Å². The molecule has 25 heavy (non-hydrogen) atoms. The Bertz CT molecular complexity index is 658. The molecule has 6 nitrogen and oxygen atoms in total. The van der Waals surface area contributed by atoms with E-state index in [0.717, 1.165) is 57.9 Å². The number of pyridine rings is 1. The van der Waals surface area contributed by atoms with Gasteiger partial charge in [-0.1, -0.05) is 6.07 Å². The Morgan fingerprint density at radius 3 is 2.76 bits per heavy atom. The van der Waals surface area contributed by atoms with Crippen molar-refractivity contribution < 1.29 is 4.74 Å². The van der Waals surface area contributed by atoms with E-state index >= 15 is 0 Å². The molecule has 2 aliphatic heterocycles. The van der Waals surface area contributed by atoms with Gasteiger partial charge in [-0.15, -0.1) is 0 Å². The van der Waals surface area contributed by atoms with Crippen LogP contribution < -0.4 is 5.32 Å². The number of aromatic nitrogens is 3. The Labute approximate surface area is 148 Å². The van der Waals surface area contributed by atoms with Gasteiger partial charge in [0.1, 0.15) is 0 Å². The first-order valence-electron chi connectivity index (χ1n) is 9.10. The highest BCUT2D eigenvalue weighted by Crippen LogP contribution is 2.36. The van der Waals surface area contributed by atoms with E-state index in [9.17, 15) is 0 Å². The second kappa shape index (κ2) is 7.45. The lowest BCUT2D eigenvalue weighted by Crippen LogP contribution is -2.51. The normalized spacial score (nSPS) is 23.4. The van der Waals surface area contributed by atoms with Crippen molar-refractivity contribution in [2.75, 3.05) is 25.0 Å². The van der Waals surface area contributed by atoms with E-state index in [4.69, 9.17) is 4.74 Å². The van der Waals surface area contributed by atoms with Crippen molar-refractivity contribution in [2.24, 2.45) is 0 Å². The molecule has 0 amide bonds. The molecule has 0 radical (unpaired) electrons. The molecule has 2 aromatic rings. The summed E-state index contributed by atoms with van der Waals surface area (Å²) in [6.07, 6.45) is 11.6. The molecule has 1 atom stereocenters. The summed E-state index contributed by atoms with van der Waals surface area (Å²) in [4.78, 5) is 15.3. The SMILES string of the molecule is c1cnc(N[C@H]2CCOC3(CCN(Cc4cccnc4)CC3)C2)nc1. The number of nitrogens with one attached hydrogen (secondary N) is 1. The molecule has 1 spiro atoms. The third-order valence-electron chi connectivity index (χ3n) is 5.29. The van der Waals surface area contributed by atoms with Crippen LogP contribution in [0.3, 0.4) is 0 Å². The summed E-state index contributed by atoms with van der Waals surface area (Å²) in [7, 11) is 0. The van der Waals surface area contributed by atoms with Gasteiger partial charge < -0.3 is 10.1 Å². The molecular formula is C19H25N5O. The van der Waals surface area contributed by atoms with Crippen LogP contribution in [0.2, 0.25) is 0 Å². The van der Waals surface area contributed by atoms with Gasteiger partial charge in [-0.3, -0.25) is 9.88 Å². The van der Waals surface area contributed by atoms with Gasteiger partial charge >= 0.3 is 0 Å². The first-order valence-corrected chi connectivity index (χ1v) is 9.10. The summed E-state index contributed by atoms with van der Waals surface area (Å²) < 4.78 is 6.25. The van der Waals surface area contributed by atoms with Crippen LogP contribution in [-0.2, 0) is 11.3 Å². The van der Waals surface area contributed by atoms with E-state index in [2.05, 4.69) is 31.2 Å². The number of nitrogens with zero attached hydrogens (tertiary/aromatic N) is 4. The molecule has 0 aliphatic carbocycles. The fourth-order valence-electron chi connectivity index (χ4n) is 3.92. The Balaban J connectivity index is 1.32. The fraction of sp³-hybridized carbons (Fsp3) is 0.526. The van der Waals surface area contributed by atoms with Crippen molar-refractivity contribution in [3.8, 4) is 0 Å². The van der Waals surface area contributed by atoms with Crippen LogP contribution in [0.4, 0.5) is 5.95 Å². The molecule has 2 aliphatic rings. The van der Waals surface area contributed by atoms with E-state index < -0.39 is 0 Å². The number of rotatable bonds is 4. The monoisotopic (exact) mass is 339 g/mol. The third-order valence-corrected chi connectivity index (χ3v) is 5.29. The number of piperidine rings is 1. The largest absolute Gasteiger partial charge is 0.375 e. The zero-order valence-electron chi connectivity index (χ0n) is 14.5. The van der Waals surface area contributed by atoms with E-state index in [1.54, 1.807) is 12.4 Å². The smallest absolute Gasteiger partial charge is 0.222 e. The fourth-order valence-corrected chi connectivity index (χ4v) is 3.92. The zero-order chi connectivity index (χ0) is 17.0. The summed E-state index contributed by atoms with van der Waals surface area (Å²) in [5, 5.41) is 3.48. The first-order chi connectivity index (χ1) is 12.3. The number of likely N-dealkylation sites (tertiary alicyclic amines) is 1. The van der Waals surface area contributed by atoms with Crippen LogP contribution in [-0.4, -0.2) is 51.2 Å². The molecule has 1 N–H and O–H groups in total. The number of ether oxygens (including phenoxy) is 1. The van der Waals surface area contributed by atoms with Crippen molar-refractivity contribution in [3.63, 3.8) is 0 Å². The number of anilines is 1. The maximum atomic E-state index is 6.25. The van der Waals surface area contributed by atoms with Crippen molar-refractivity contribution in [1.29, 1.82) is 0 Å². The Hall–Kier alpha value is -2.05. The minimum absolute atomic E-state index is 0.0101. The maximum absolute atomic E-state index is 6.25. The van der Waals surface area contributed by atoms with Gasteiger partial charge in [0.15, 0.2) is 0 Å². The molecule has 6 heteroatoms. The van der Waals surface area contributed by atoms with Crippen molar-refractivity contribution in [1.82, 2.24) is 19.9 Å². The van der Waals surface area contributed by atoms with E-state index in [1.807, 2.05) is 24.5 Å². The molecule has 4 heterocycles. The molecular weight excluding hydrogens is 314 g/mol. The van der Waals surface area contributed by atoms with E-state index in [0.29, 0.717) is 6.04 Å². The van der Waals surface area contributed by atoms with Crippen LogP contribution in [0.5, 0.6) is 0 Å². The summed E-state index contributed by atoms with van der Waals surface area (Å²) >= 11 is 0. The molecule has 4 rings (SSSR count). The number of hydrogen-bond acceptors (Lipinski definition) is 6. The standard InChI is InChI=1S/C19H25N5O/c1-3-16(14-20-7-1)15-24-10-5-19(6-11-24)13-17(4-12-25-19)23-18-21-8-2-9-22-18/h1-3,7-9,14,17H,4-6,10-13,15H2,(H,21,22,23)/t17-/m0/s1. The van der Waals surface area contributed by atoms with Crippen molar-refractivity contribution >= 4 is 5.95 Å². The molecule has 2 fully saturated rings. The Morgan fingerprint density at radius 2 is 2.00 bits per heavy atom. The second-order valence-electron chi connectivity index (χ2n) is 7.08. The van der Waals surface area contributed by atoms with Crippen LogP contribution >= 0.6 is 0 Å².